The van der Waals surface area contributed by atoms with E-state index in [1.807, 2.05) is 36.9 Å². The maximum Gasteiger partial charge on any atom is 0.163 e. The van der Waals surface area contributed by atoms with Gasteiger partial charge in [-0.3, -0.25) is 4.68 Å². The third kappa shape index (κ3) is 2.57. The minimum atomic E-state index is 0.776. The Bertz CT molecular complexity index is 882. The summed E-state index contributed by atoms with van der Waals surface area (Å²) in [6.07, 6.45) is 1.63. The lowest BCUT2D eigenvalue weighted by Gasteiger charge is -2.37. The smallest absolute Gasteiger partial charge is 0.163 e. The number of benzene rings is 1. The van der Waals surface area contributed by atoms with E-state index >= 15 is 0 Å². The second-order valence-corrected chi connectivity index (χ2v) is 6.50. The monoisotopic (exact) mass is 342 g/mol. The highest BCUT2D eigenvalue weighted by Crippen LogP contribution is 2.27. The standard InChI is InChI=1S/C17H19ClN6/c1-12-15-16(22(2)21-12)19-11-20-17(15)24-8-6-23(7-9-24)14-5-3-4-13(18)10-14/h3-5,10-11H,6-9H2,1-2H3. The van der Waals surface area contributed by atoms with Crippen molar-refractivity contribution < 1.29 is 0 Å². The van der Waals surface area contributed by atoms with Crippen molar-refractivity contribution in [2.45, 2.75) is 6.92 Å². The van der Waals surface area contributed by atoms with Crippen molar-refractivity contribution in [3.05, 3.63) is 41.3 Å². The highest BCUT2D eigenvalue weighted by Gasteiger charge is 2.22. The van der Waals surface area contributed by atoms with Gasteiger partial charge >= 0.3 is 0 Å². The van der Waals surface area contributed by atoms with Crippen molar-refractivity contribution in [1.29, 1.82) is 0 Å². The van der Waals surface area contributed by atoms with Crippen LogP contribution in [0.2, 0.25) is 5.02 Å². The first-order valence-electron chi connectivity index (χ1n) is 8.03. The van der Waals surface area contributed by atoms with Crippen LogP contribution in [0.5, 0.6) is 0 Å². The summed E-state index contributed by atoms with van der Waals surface area (Å²) >= 11 is 6.11. The van der Waals surface area contributed by atoms with Gasteiger partial charge in [0, 0.05) is 43.9 Å². The molecule has 3 heterocycles. The summed E-state index contributed by atoms with van der Waals surface area (Å²) in [4.78, 5) is 13.6. The van der Waals surface area contributed by atoms with Gasteiger partial charge in [0.05, 0.1) is 11.1 Å². The fourth-order valence-corrected chi connectivity index (χ4v) is 3.53. The van der Waals surface area contributed by atoms with Gasteiger partial charge in [0.25, 0.3) is 0 Å². The predicted molar refractivity (Wildman–Crippen MR) is 96.9 cm³/mol. The third-order valence-corrected chi connectivity index (χ3v) is 4.76. The molecule has 2 aromatic heterocycles. The Balaban J connectivity index is 1.58. The molecule has 0 aliphatic carbocycles. The predicted octanol–water partition coefficient (Wildman–Crippen LogP) is 2.65. The number of rotatable bonds is 2. The number of hydrogen-bond donors (Lipinski definition) is 0. The molecule has 1 aromatic carbocycles. The first kappa shape index (κ1) is 15.2. The summed E-state index contributed by atoms with van der Waals surface area (Å²) in [6.45, 7) is 5.70. The molecule has 1 fully saturated rings. The molecular formula is C17H19ClN6. The number of fused-ring (bicyclic) bond motifs is 1. The van der Waals surface area contributed by atoms with Gasteiger partial charge in [0.15, 0.2) is 5.65 Å². The highest BCUT2D eigenvalue weighted by atomic mass is 35.5. The average Bonchev–Trinajstić information content (AvgIpc) is 2.90. The molecule has 4 rings (SSSR count). The van der Waals surface area contributed by atoms with Crippen LogP contribution in [0.25, 0.3) is 11.0 Å². The summed E-state index contributed by atoms with van der Waals surface area (Å²) < 4.78 is 1.82. The summed E-state index contributed by atoms with van der Waals surface area (Å²) in [5, 5.41) is 6.31. The lowest BCUT2D eigenvalue weighted by Crippen LogP contribution is -2.47. The Morgan fingerprint density at radius 1 is 1.04 bits per heavy atom. The fourth-order valence-electron chi connectivity index (χ4n) is 3.35. The normalized spacial score (nSPS) is 15.3. The van der Waals surface area contributed by atoms with Crippen LogP contribution in [0.15, 0.2) is 30.6 Å². The van der Waals surface area contributed by atoms with Crippen molar-refractivity contribution in [1.82, 2.24) is 19.7 Å². The number of hydrogen-bond acceptors (Lipinski definition) is 5. The van der Waals surface area contributed by atoms with Crippen LogP contribution in [0.1, 0.15) is 5.69 Å². The van der Waals surface area contributed by atoms with Gasteiger partial charge in [-0.1, -0.05) is 17.7 Å². The quantitative estimate of drug-likeness (QED) is 0.716. The van der Waals surface area contributed by atoms with Crippen LogP contribution in [0.3, 0.4) is 0 Å². The van der Waals surface area contributed by atoms with Crippen molar-refractivity contribution in [3.63, 3.8) is 0 Å². The Morgan fingerprint density at radius 3 is 2.54 bits per heavy atom. The summed E-state index contributed by atoms with van der Waals surface area (Å²) in [5.74, 6) is 0.983. The first-order valence-corrected chi connectivity index (χ1v) is 8.41. The van der Waals surface area contributed by atoms with Gasteiger partial charge in [-0.05, 0) is 25.1 Å². The van der Waals surface area contributed by atoms with Crippen molar-refractivity contribution in [2.24, 2.45) is 7.05 Å². The van der Waals surface area contributed by atoms with Crippen LogP contribution in [0.4, 0.5) is 11.5 Å². The van der Waals surface area contributed by atoms with E-state index in [4.69, 9.17) is 11.6 Å². The number of halogens is 1. The van der Waals surface area contributed by atoms with E-state index in [0.29, 0.717) is 0 Å². The average molecular weight is 343 g/mol. The highest BCUT2D eigenvalue weighted by molar-refractivity contribution is 6.30. The molecule has 0 N–H and O–H groups in total. The molecule has 3 aromatic rings. The molecule has 6 nitrogen and oxygen atoms in total. The Kier molecular flexibility index (Phi) is 3.76. The first-order chi connectivity index (χ1) is 11.6. The molecule has 7 heteroatoms. The van der Waals surface area contributed by atoms with E-state index in [9.17, 15) is 0 Å². The van der Waals surface area contributed by atoms with Gasteiger partial charge < -0.3 is 9.80 Å². The van der Waals surface area contributed by atoms with Gasteiger partial charge in [0.1, 0.15) is 12.1 Å². The second kappa shape index (κ2) is 5.94. The number of aromatic nitrogens is 4. The number of anilines is 2. The fraction of sp³-hybridized carbons (Fsp3) is 0.353. The van der Waals surface area contributed by atoms with Crippen molar-refractivity contribution in [3.8, 4) is 0 Å². The lowest BCUT2D eigenvalue weighted by molar-refractivity contribution is 0.649. The summed E-state index contributed by atoms with van der Waals surface area (Å²) in [5.41, 5.74) is 3.03. The van der Waals surface area contributed by atoms with Crippen molar-refractivity contribution >= 4 is 34.1 Å². The SMILES string of the molecule is Cc1nn(C)c2ncnc(N3CCN(c4cccc(Cl)c4)CC3)c12. The molecule has 1 saturated heterocycles. The second-order valence-electron chi connectivity index (χ2n) is 6.06. The minimum Gasteiger partial charge on any atom is -0.368 e. The maximum absolute atomic E-state index is 6.11. The number of piperazine rings is 1. The minimum absolute atomic E-state index is 0.776. The van der Waals surface area contributed by atoms with E-state index < -0.39 is 0 Å². The molecule has 0 amide bonds. The number of aryl methyl sites for hydroxylation is 2. The zero-order valence-electron chi connectivity index (χ0n) is 13.8. The summed E-state index contributed by atoms with van der Waals surface area (Å²) in [6, 6.07) is 8.03. The molecule has 0 bridgehead atoms. The molecule has 1 aliphatic heterocycles. The zero-order chi connectivity index (χ0) is 16.7. The van der Waals surface area contributed by atoms with Gasteiger partial charge in [-0.2, -0.15) is 5.10 Å². The molecule has 0 radical (unpaired) electrons. The molecular weight excluding hydrogens is 324 g/mol. The van der Waals surface area contributed by atoms with E-state index in [1.165, 1.54) is 5.69 Å². The van der Waals surface area contributed by atoms with E-state index in [1.54, 1.807) is 6.33 Å². The molecule has 0 atom stereocenters. The largest absolute Gasteiger partial charge is 0.368 e. The lowest BCUT2D eigenvalue weighted by atomic mass is 10.2. The van der Waals surface area contributed by atoms with Crippen LogP contribution < -0.4 is 9.80 Å². The van der Waals surface area contributed by atoms with Gasteiger partial charge in [0.2, 0.25) is 0 Å². The third-order valence-electron chi connectivity index (χ3n) is 4.53. The molecule has 124 valence electrons. The van der Waals surface area contributed by atoms with E-state index in [-0.39, 0.29) is 0 Å². The van der Waals surface area contributed by atoms with Crippen LogP contribution in [0, 0.1) is 6.92 Å². The molecule has 24 heavy (non-hydrogen) atoms. The maximum atomic E-state index is 6.11. The molecule has 1 aliphatic rings. The molecule has 0 spiro atoms. The van der Waals surface area contributed by atoms with Crippen LogP contribution in [-0.2, 0) is 7.05 Å². The Labute approximate surface area is 145 Å². The Morgan fingerprint density at radius 2 is 1.79 bits per heavy atom. The summed E-state index contributed by atoms with van der Waals surface area (Å²) in [7, 11) is 1.92. The zero-order valence-corrected chi connectivity index (χ0v) is 14.5. The number of nitrogens with zero attached hydrogens (tertiary/aromatic N) is 6. The van der Waals surface area contributed by atoms with Crippen molar-refractivity contribution in [2.75, 3.05) is 36.0 Å². The molecule has 0 unspecified atom stereocenters. The van der Waals surface area contributed by atoms with E-state index in [2.05, 4.69) is 30.9 Å². The van der Waals surface area contributed by atoms with Crippen LogP contribution in [-0.4, -0.2) is 45.9 Å². The Hall–Kier alpha value is -2.34. The van der Waals surface area contributed by atoms with Crippen LogP contribution >= 0.6 is 11.6 Å². The van der Waals surface area contributed by atoms with E-state index in [0.717, 1.165) is 53.7 Å². The van der Waals surface area contributed by atoms with Gasteiger partial charge in [-0.15, -0.1) is 0 Å². The van der Waals surface area contributed by atoms with Gasteiger partial charge in [-0.25, -0.2) is 9.97 Å². The topological polar surface area (TPSA) is 50.1 Å². The molecule has 0 saturated carbocycles.